The molecule has 80 valence electrons. The van der Waals surface area contributed by atoms with E-state index in [0.29, 0.717) is 5.71 Å². The normalized spacial score (nSPS) is 21.4. The van der Waals surface area contributed by atoms with E-state index in [1.165, 1.54) is 5.56 Å². The maximum atomic E-state index is 9.09. The number of hydrogen-bond acceptors (Lipinski definition) is 3. The molecular weight excluding hydrogens is 188 g/mol. The van der Waals surface area contributed by atoms with Gasteiger partial charge >= 0.3 is 0 Å². The third-order valence-electron chi connectivity index (χ3n) is 3.09. The van der Waals surface area contributed by atoms with Crippen LogP contribution in [0.25, 0.3) is 0 Å². The van der Waals surface area contributed by atoms with Gasteiger partial charge in [0, 0.05) is 11.6 Å². The molecule has 0 spiro atoms. The van der Waals surface area contributed by atoms with Crippen LogP contribution in [0.2, 0.25) is 0 Å². The molecule has 0 saturated carbocycles. The Hall–Kier alpha value is -1.38. The highest BCUT2D eigenvalue weighted by Gasteiger charge is 2.33. The fourth-order valence-corrected chi connectivity index (χ4v) is 2.10. The summed E-state index contributed by atoms with van der Waals surface area (Å²) in [6, 6.07) is 2.13. The molecule has 1 N–H and O–H groups in total. The monoisotopic (exact) mass is 204 g/mol. The first kappa shape index (κ1) is 10.1. The summed E-state index contributed by atoms with van der Waals surface area (Å²) in [5.41, 5.74) is 3.85. The first-order valence-electron chi connectivity index (χ1n) is 5.23. The molecule has 0 fully saturated rings. The van der Waals surface area contributed by atoms with Crippen molar-refractivity contribution in [1.82, 2.24) is 4.98 Å². The van der Waals surface area contributed by atoms with Gasteiger partial charge in [-0.3, -0.25) is 4.98 Å². The van der Waals surface area contributed by atoms with Gasteiger partial charge in [0.15, 0.2) is 0 Å². The molecular formula is C12H16N2O. The molecule has 0 aliphatic heterocycles. The van der Waals surface area contributed by atoms with Crippen molar-refractivity contribution < 1.29 is 5.21 Å². The van der Waals surface area contributed by atoms with Crippen LogP contribution in [0.15, 0.2) is 17.4 Å². The van der Waals surface area contributed by atoms with Crippen LogP contribution in [0, 0.1) is 12.3 Å². The van der Waals surface area contributed by atoms with Gasteiger partial charge in [0.05, 0.1) is 5.69 Å². The average Bonchev–Trinajstić information content (AvgIpc) is 2.18. The minimum absolute atomic E-state index is 0.0794. The number of rotatable bonds is 0. The van der Waals surface area contributed by atoms with E-state index in [1.807, 2.05) is 13.1 Å². The molecule has 3 heteroatoms. The highest BCUT2D eigenvalue weighted by Crippen LogP contribution is 2.34. The number of hydrogen-bond donors (Lipinski definition) is 1. The molecule has 15 heavy (non-hydrogen) atoms. The third kappa shape index (κ3) is 1.62. The summed E-state index contributed by atoms with van der Waals surface area (Å²) >= 11 is 0. The van der Waals surface area contributed by atoms with E-state index in [1.54, 1.807) is 0 Å². The molecule has 0 unspecified atom stereocenters. The maximum absolute atomic E-state index is 9.09. The number of fused-ring (bicyclic) bond motifs is 1. The number of pyridine rings is 1. The van der Waals surface area contributed by atoms with Gasteiger partial charge < -0.3 is 5.21 Å². The maximum Gasteiger partial charge on any atom is 0.111 e. The van der Waals surface area contributed by atoms with Crippen molar-refractivity contribution >= 4 is 5.71 Å². The SMILES string of the molecule is Cc1cnc2c(c1)CCC(C)(C)C2=NO. The van der Waals surface area contributed by atoms with Gasteiger partial charge in [0.25, 0.3) is 0 Å². The second kappa shape index (κ2) is 3.33. The quantitative estimate of drug-likeness (QED) is 0.521. The van der Waals surface area contributed by atoms with Crippen LogP contribution < -0.4 is 0 Å². The van der Waals surface area contributed by atoms with Crippen molar-refractivity contribution in [3.8, 4) is 0 Å². The molecule has 1 aliphatic carbocycles. The predicted octanol–water partition coefficient (Wildman–Crippen LogP) is 2.54. The molecule has 2 rings (SSSR count). The van der Waals surface area contributed by atoms with Gasteiger partial charge in [-0.15, -0.1) is 0 Å². The van der Waals surface area contributed by atoms with Crippen LogP contribution in [0.5, 0.6) is 0 Å². The van der Waals surface area contributed by atoms with Crippen molar-refractivity contribution in [1.29, 1.82) is 0 Å². The lowest BCUT2D eigenvalue weighted by molar-refractivity contribution is 0.305. The van der Waals surface area contributed by atoms with E-state index in [2.05, 4.69) is 30.1 Å². The Labute approximate surface area is 89.8 Å². The zero-order valence-electron chi connectivity index (χ0n) is 9.41. The molecule has 3 nitrogen and oxygen atoms in total. The fourth-order valence-electron chi connectivity index (χ4n) is 2.10. The van der Waals surface area contributed by atoms with Gasteiger partial charge in [-0.05, 0) is 30.9 Å². The molecule has 0 radical (unpaired) electrons. The smallest absolute Gasteiger partial charge is 0.111 e. The van der Waals surface area contributed by atoms with E-state index in [-0.39, 0.29) is 5.41 Å². The van der Waals surface area contributed by atoms with Crippen molar-refractivity contribution in [3.05, 3.63) is 29.1 Å². The van der Waals surface area contributed by atoms with Gasteiger partial charge in [-0.25, -0.2) is 0 Å². The first-order chi connectivity index (χ1) is 7.04. The number of aryl methyl sites for hydroxylation is 2. The summed E-state index contributed by atoms with van der Waals surface area (Å²) < 4.78 is 0. The van der Waals surface area contributed by atoms with Crippen LogP contribution >= 0.6 is 0 Å². The lowest BCUT2D eigenvalue weighted by atomic mass is 9.74. The molecule has 1 aliphatic rings. The Balaban J connectivity index is 2.57. The van der Waals surface area contributed by atoms with Crippen LogP contribution in [0.4, 0.5) is 0 Å². The molecule has 1 aromatic rings. The van der Waals surface area contributed by atoms with Crippen molar-refractivity contribution in [3.63, 3.8) is 0 Å². The van der Waals surface area contributed by atoms with E-state index in [9.17, 15) is 0 Å². The molecule has 0 amide bonds. The Morgan fingerprint density at radius 3 is 2.87 bits per heavy atom. The Morgan fingerprint density at radius 2 is 2.20 bits per heavy atom. The molecule has 0 atom stereocenters. The summed E-state index contributed by atoms with van der Waals surface area (Å²) in [7, 11) is 0. The van der Waals surface area contributed by atoms with Crippen LogP contribution in [-0.2, 0) is 6.42 Å². The van der Waals surface area contributed by atoms with Crippen LogP contribution in [-0.4, -0.2) is 15.9 Å². The summed E-state index contributed by atoms with van der Waals surface area (Å²) in [5.74, 6) is 0. The van der Waals surface area contributed by atoms with Crippen molar-refractivity contribution in [2.45, 2.75) is 33.6 Å². The van der Waals surface area contributed by atoms with Crippen molar-refractivity contribution in [2.24, 2.45) is 10.6 Å². The highest BCUT2D eigenvalue weighted by atomic mass is 16.4. The number of nitrogens with zero attached hydrogens (tertiary/aromatic N) is 2. The lowest BCUT2D eigenvalue weighted by Crippen LogP contribution is -2.32. The highest BCUT2D eigenvalue weighted by molar-refractivity contribution is 6.04. The molecule has 0 bridgehead atoms. The summed E-state index contributed by atoms with van der Waals surface area (Å²) in [5, 5.41) is 12.5. The topological polar surface area (TPSA) is 45.5 Å². The van der Waals surface area contributed by atoms with Gasteiger partial charge in [0.2, 0.25) is 0 Å². The molecule has 1 aromatic heterocycles. The van der Waals surface area contributed by atoms with Gasteiger partial charge in [-0.2, -0.15) is 0 Å². The summed E-state index contributed by atoms with van der Waals surface area (Å²) in [6.45, 7) is 6.21. The minimum Gasteiger partial charge on any atom is -0.411 e. The zero-order valence-corrected chi connectivity index (χ0v) is 9.41. The van der Waals surface area contributed by atoms with E-state index in [0.717, 1.165) is 24.1 Å². The standard InChI is InChI=1S/C12H16N2O/c1-8-6-9-4-5-12(2,3)11(14-15)10(9)13-7-8/h6-7,15H,4-5H2,1-3H3. The number of aromatic nitrogens is 1. The summed E-state index contributed by atoms with van der Waals surface area (Å²) in [4.78, 5) is 4.38. The van der Waals surface area contributed by atoms with E-state index >= 15 is 0 Å². The first-order valence-corrected chi connectivity index (χ1v) is 5.23. The van der Waals surface area contributed by atoms with Crippen molar-refractivity contribution in [2.75, 3.05) is 0 Å². The summed E-state index contributed by atoms with van der Waals surface area (Å²) in [6.07, 6.45) is 3.84. The minimum atomic E-state index is -0.0794. The predicted molar refractivity (Wildman–Crippen MR) is 59.4 cm³/mol. The molecule has 0 saturated heterocycles. The second-order valence-electron chi connectivity index (χ2n) is 4.85. The van der Waals surface area contributed by atoms with Gasteiger partial charge in [0.1, 0.15) is 5.71 Å². The Bertz CT molecular complexity index is 422. The molecule has 0 aromatic carbocycles. The Morgan fingerprint density at radius 1 is 1.47 bits per heavy atom. The third-order valence-corrected chi connectivity index (χ3v) is 3.09. The van der Waals surface area contributed by atoms with E-state index in [4.69, 9.17) is 5.21 Å². The average molecular weight is 204 g/mol. The largest absolute Gasteiger partial charge is 0.411 e. The lowest BCUT2D eigenvalue weighted by Gasteiger charge is -2.31. The fraction of sp³-hybridized carbons (Fsp3) is 0.500. The van der Waals surface area contributed by atoms with Crippen LogP contribution in [0.1, 0.15) is 37.1 Å². The zero-order chi connectivity index (χ0) is 11.1. The van der Waals surface area contributed by atoms with Gasteiger partial charge in [-0.1, -0.05) is 25.1 Å². The van der Waals surface area contributed by atoms with Crippen LogP contribution in [0.3, 0.4) is 0 Å². The Kier molecular flexibility index (Phi) is 2.25. The molecule has 1 heterocycles. The second-order valence-corrected chi connectivity index (χ2v) is 4.85. The van der Waals surface area contributed by atoms with E-state index < -0.39 is 0 Å². The number of oxime groups is 1.